The van der Waals surface area contributed by atoms with Gasteiger partial charge in [0.2, 0.25) is 0 Å². The van der Waals surface area contributed by atoms with E-state index in [2.05, 4.69) is 38.4 Å². The quantitative estimate of drug-likeness (QED) is 0.500. The molecule has 1 fully saturated rings. The Morgan fingerprint density at radius 1 is 1.43 bits per heavy atom. The van der Waals surface area contributed by atoms with Crippen LogP contribution in [0.15, 0.2) is 22.7 Å². The van der Waals surface area contributed by atoms with Crippen LogP contribution in [0.25, 0.3) is 0 Å². The fourth-order valence-electron chi connectivity index (χ4n) is 3.05. The lowest BCUT2D eigenvalue weighted by Crippen LogP contribution is -2.40. The first kappa shape index (κ1) is 19.0. The monoisotopic (exact) mass is 417 g/mol. The number of nitrogens with one attached hydrogen (secondary N) is 2. The number of halogens is 2. The summed E-state index contributed by atoms with van der Waals surface area (Å²) in [5.41, 5.74) is 0.901. The fourth-order valence-corrected chi connectivity index (χ4v) is 3.70. The van der Waals surface area contributed by atoms with Crippen LogP contribution in [-0.4, -0.2) is 35.7 Å². The predicted octanol–water partition coefficient (Wildman–Crippen LogP) is 5.04. The number of likely N-dealkylation sites (tertiary alicyclic amines) is 1. The first-order valence-corrected chi connectivity index (χ1v) is 9.92. The number of nitrogens with zero attached hydrogens (tertiary/aromatic N) is 1. The average molecular weight is 419 g/mol. The molecule has 1 heterocycles. The van der Waals surface area contributed by atoms with Crippen molar-refractivity contribution in [2.24, 2.45) is 0 Å². The van der Waals surface area contributed by atoms with Gasteiger partial charge in [-0.05, 0) is 78.6 Å². The van der Waals surface area contributed by atoms with Gasteiger partial charge in [0.25, 0.3) is 0 Å². The van der Waals surface area contributed by atoms with Crippen molar-refractivity contribution < 1.29 is 0 Å². The van der Waals surface area contributed by atoms with Gasteiger partial charge in [-0.3, -0.25) is 0 Å². The van der Waals surface area contributed by atoms with Crippen molar-refractivity contribution in [2.75, 3.05) is 25.0 Å². The van der Waals surface area contributed by atoms with E-state index in [-0.39, 0.29) is 0 Å². The lowest BCUT2D eigenvalue weighted by Gasteiger charge is -2.35. The largest absolute Gasteiger partial charge is 0.362 e. The minimum Gasteiger partial charge on any atom is -0.362 e. The van der Waals surface area contributed by atoms with Gasteiger partial charge in [-0.15, -0.1) is 0 Å². The van der Waals surface area contributed by atoms with Gasteiger partial charge in [0.15, 0.2) is 5.11 Å². The molecule has 1 aliphatic rings. The van der Waals surface area contributed by atoms with Gasteiger partial charge in [-0.2, -0.15) is 0 Å². The highest BCUT2D eigenvalue weighted by molar-refractivity contribution is 9.10. The maximum absolute atomic E-state index is 6.08. The summed E-state index contributed by atoms with van der Waals surface area (Å²) in [6, 6.07) is 6.50. The number of hydrogen-bond acceptors (Lipinski definition) is 2. The van der Waals surface area contributed by atoms with Crippen molar-refractivity contribution in [3.63, 3.8) is 0 Å². The first-order valence-electron chi connectivity index (χ1n) is 8.34. The van der Waals surface area contributed by atoms with E-state index in [1.807, 2.05) is 18.2 Å². The third-order valence-electron chi connectivity index (χ3n) is 4.31. The van der Waals surface area contributed by atoms with Crippen LogP contribution in [0, 0.1) is 0 Å². The Balaban J connectivity index is 1.67. The molecule has 2 rings (SSSR count). The number of thiocarbonyl (C=S) groups is 1. The lowest BCUT2D eigenvalue weighted by molar-refractivity contribution is 0.143. The first-order chi connectivity index (χ1) is 11.1. The zero-order valence-corrected chi connectivity index (χ0v) is 16.7. The van der Waals surface area contributed by atoms with Crippen LogP contribution < -0.4 is 10.6 Å². The second kappa shape index (κ2) is 9.82. The molecule has 1 saturated heterocycles. The molecule has 23 heavy (non-hydrogen) atoms. The van der Waals surface area contributed by atoms with Crippen molar-refractivity contribution >= 4 is 50.5 Å². The molecular weight excluding hydrogens is 394 g/mol. The van der Waals surface area contributed by atoms with Crippen molar-refractivity contribution in [2.45, 2.75) is 45.1 Å². The summed E-state index contributed by atoms with van der Waals surface area (Å²) in [5.74, 6) is 0. The number of rotatable bonds is 6. The van der Waals surface area contributed by atoms with Gasteiger partial charge in [0, 0.05) is 29.3 Å². The maximum Gasteiger partial charge on any atom is 0.170 e. The maximum atomic E-state index is 6.08. The molecule has 3 nitrogen and oxygen atoms in total. The summed E-state index contributed by atoms with van der Waals surface area (Å²) >= 11 is 14.8. The number of anilines is 1. The van der Waals surface area contributed by atoms with Crippen LogP contribution in [0.3, 0.4) is 0 Å². The van der Waals surface area contributed by atoms with E-state index < -0.39 is 0 Å². The Morgan fingerprint density at radius 3 is 3.00 bits per heavy atom. The van der Waals surface area contributed by atoms with Gasteiger partial charge in [-0.1, -0.05) is 24.9 Å². The zero-order valence-electron chi connectivity index (χ0n) is 13.6. The molecule has 1 aliphatic heterocycles. The molecular formula is C17H25BrClN3S. The van der Waals surface area contributed by atoms with E-state index in [4.69, 9.17) is 23.8 Å². The van der Waals surface area contributed by atoms with Crippen LogP contribution in [0.4, 0.5) is 5.69 Å². The topological polar surface area (TPSA) is 27.3 Å². The van der Waals surface area contributed by atoms with Crippen molar-refractivity contribution in [1.29, 1.82) is 0 Å². The van der Waals surface area contributed by atoms with E-state index >= 15 is 0 Å². The Morgan fingerprint density at radius 2 is 2.26 bits per heavy atom. The summed E-state index contributed by atoms with van der Waals surface area (Å²) in [6.45, 7) is 5.59. The molecule has 1 aromatic rings. The van der Waals surface area contributed by atoms with Gasteiger partial charge >= 0.3 is 0 Å². The lowest BCUT2D eigenvalue weighted by atomic mass is 10.00. The van der Waals surface area contributed by atoms with Crippen molar-refractivity contribution in [3.8, 4) is 0 Å². The second-order valence-corrected chi connectivity index (χ2v) is 7.63. The molecule has 0 aliphatic carbocycles. The van der Waals surface area contributed by atoms with E-state index in [0.717, 1.165) is 35.7 Å². The second-order valence-electron chi connectivity index (χ2n) is 5.96. The molecule has 0 radical (unpaired) electrons. The normalized spacial score (nSPS) is 18.7. The molecule has 0 saturated carbocycles. The molecule has 1 aromatic carbocycles. The minimum atomic E-state index is 0.647. The summed E-state index contributed by atoms with van der Waals surface area (Å²) in [4.78, 5) is 2.64. The standard InChI is InChI=1S/C17H25BrClN3S/c1-2-14-6-3-4-10-22(14)11-5-9-20-17(23)21-13-7-8-15(18)16(19)12-13/h7-8,12,14H,2-6,9-11H2,1H3,(H2,20,21,23). The molecule has 1 atom stereocenters. The van der Waals surface area contributed by atoms with Gasteiger partial charge in [0.05, 0.1) is 5.02 Å². The Bertz CT molecular complexity index is 527. The summed E-state index contributed by atoms with van der Waals surface area (Å²) in [6.07, 6.45) is 6.45. The summed E-state index contributed by atoms with van der Waals surface area (Å²) < 4.78 is 0.885. The Hall–Kier alpha value is -0.360. The molecule has 6 heteroatoms. The third kappa shape index (κ3) is 6.22. The third-order valence-corrected chi connectivity index (χ3v) is 5.78. The number of piperidine rings is 1. The average Bonchev–Trinajstić information content (AvgIpc) is 2.55. The Labute approximate surface area is 158 Å². The smallest absolute Gasteiger partial charge is 0.170 e. The van der Waals surface area contributed by atoms with Gasteiger partial charge in [-0.25, -0.2) is 0 Å². The highest BCUT2D eigenvalue weighted by atomic mass is 79.9. The van der Waals surface area contributed by atoms with E-state index in [1.165, 1.54) is 32.2 Å². The van der Waals surface area contributed by atoms with Crippen molar-refractivity contribution in [3.05, 3.63) is 27.7 Å². The van der Waals surface area contributed by atoms with Crippen LogP contribution in [0.1, 0.15) is 39.0 Å². The van der Waals surface area contributed by atoms with Crippen LogP contribution in [0.5, 0.6) is 0 Å². The number of hydrogen-bond donors (Lipinski definition) is 2. The zero-order chi connectivity index (χ0) is 16.7. The van der Waals surface area contributed by atoms with E-state index in [9.17, 15) is 0 Å². The SMILES string of the molecule is CCC1CCCCN1CCCNC(=S)Nc1ccc(Br)c(Cl)c1. The van der Waals surface area contributed by atoms with Crippen LogP contribution in [0.2, 0.25) is 5.02 Å². The molecule has 0 spiro atoms. The van der Waals surface area contributed by atoms with Gasteiger partial charge < -0.3 is 15.5 Å². The van der Waals surface area contributed by atoms with Crippen molar-refractivity contribution in [1.82, 2.24) is 10.2 Å². The fraction of sp³-hybridized carbons (Fsp3) is 0.588. The molecule has 1 unspecified atom stereocenters. The van der Waals surface area contributed by atoms with Crippen LogP contribution >= 0.6 is 39.7 Å². The molecule has 128 valence electrons. The molecule has 0 amide bonds. The molecule has 0 bridgehead atoms. The predicted molar refractivity (Wildman–Crippen MR) is 107 cm³/mol. The minimum absolute atomic E-state index is 0.647. The van der Waals surface area contributed by atoms with E-state index in [0.29, 0.717) is 10.1 Å². The number of benzene rings is 1. The van der Waals surface area contributed by atoms with Crippen LogP contribution in [-0.2, 0) is 0 Å². The Kier molecular flexibility index (Phi) is 8.10. The highest BCUT2D eigenvalue weighted by Crippen LogP contribution is 2.25. The highest BCUT2D eigenvalue weighted by Gasteiger charge is 2.19. The van der Waals surface area contributed by atoms with E-state index in [1.54, 1.807) is 0 Å². The van der Waals surface area contributed by atoms with Gasteiger partial charge in [0.1, 0.15) is 0 Å². The summed E-state index contributed by atoms with van der Waals surface area (Å²) in [5, 5.41) is 7.77. The molecule has 2 N–H and O–H groups in total. The molecule has 0 aromatic heterocycles. The summed E-state index contributed by atoms with van der Waals surface area (Å²) in [7, 11) is 0.